The fraction of sp³-hybridized carbons (Fsp3) is 0.424. The van der Waals surface area contributed by atoms with Gasteiger partial charge in [0.2, 0.25) is 0 Å². The van der Waals surface area contributed by atoms with E-state index in [4.69, 9.17) is 4.99 Å². The van der Waals surface area contributed by atoms with Crippen LogP contribution >= 0.6 is 11.3 Å². The first-order valence-corrected chi connectivity index (χ1v) is 16.5. The van der Waals surface area contributed by atoms with Gasteiger partial charge in [0, 0.05) is 0 Å². The molecule has 0 N–H and O–H groups in total. The van der Waals surface area contributed by atoms with E-state index in [0.29, 0.717) is 23.7 Å². The first-order valence-electron chi connectivity index (χ1n) is 13.6. The van der Waals surface area contributed by atoms with E-state index in [0.717, 1.165) is 11.4 Å². The van der Waals surface area contributed by atoms with Crippen LogP contribution in [0.5, 0.6) is 0 Å². The molecule has 0 bridgehead atoms. The van der Waals surface area contributed by atoms with Gasteiger partial charge in [-0.3, -0.25) is 0 Å². The molecule has 0 saturated carbocycles. The summed E-state index contributed by atoms with van der Waals surface area (Å²) in [4.78, 5) is 5.26. The number of thiophene rings is 1. The molecule has 2 aromatic carbocycles. The Hall–Kier alpha value is -2.11. The SMILES string of the molecule is CC(/C=C(/C)[N]([Ge][c]1cccs1)c1c(C(C)C)cccc1C(C)C)=Nc1c(C(C)C)cccc1C(C)C. The third kappa shape index (κ3) is 7.26. The Morgan fingerprint density at radius 3 is 1.65 bits per heavy atom. The Kier molecular flexibility index (Phi) is 10.4. The van der Waals surface area contributed by atoms with E-state index in [2.05, 4.69) is 133 Å². The van der Waals surface area contributed by atoms with Gasteiger partial charge in [-0.2, -0.15) is 0 Å². The molecule has 196 valence electrons. The second kappa shape index (κ2) is 13.1. The van der Waals surface area contributed by atoms with Crippen LogP contribution in [-0.4, -0.2) is 21.4 Å². The second-order valence-corrected chi connectivity index (χ2v) is 15.4. The quantitative estimate of drug-likeness (QED) is 0.174. The summed E-state index contributed by atoms with van der Waals surface area (Å²) in [7, 11) is 0. The normalized spacial score (nSPS) is 12.9. The van der Waals surface area contributed by atoms with Crippen molar-refractivity contribution in [3.8, 4) is 0 Å². The van der Waals surface area contributed by atoms with E-state index >= 15 is 0 Å². The van der Waals surface area contributed by atoms with Crippen molar-refractivity contribution in [2.24, 2.45) is 4.99 Å². The topological polar surface area (TPSA) is 15.6 Å². The van der Waals surface area contributed by atoms with Gasteiger partial charge in [0.1, 0.15) is 0 Å². The molecule has 0 fully saturated rings. The Morgan fingerprint density at radius 1 is 0.730 bits per heavy atom. The number of anilines is 1. The molecule has 2 nitrogen and oxygen atoms in total. The molecular weight excluding hydrogens is 529 g/mol. The van der Waals surface area contributed by atoms with Crippen LogP contribution in [0.25, 0.3) is 0 Å². The summed E-state index contributed by atoms with van der Waals surface area (Å²) in [6.45, 7) is 22.7. The molecule has 4 heteroatoms. The molecule has 0 spiro atoms. The van der Waals surface area contributed by atoms with Crippen LogP contribution in [0.15, 0.2) is 70.7 Å². The summed E-state index contributed by atoms with van der Waals surface area (Å²) in [5.41, 5.74) is 10.4. The van der Waals surface area contributed by atoms with Crippen molar-refractivity contribution in [2.45, 2.75) is 92.9 Å². The van der Waals surface area contributed by atoms with Gasteiger partial charge < -0.3 is 0 Å². The summed E-state index contributed by atoms with van der Waals surface area (Å²) in [6, 6.07) is 18.0. The summed E-state index contributed by atoms with van der Waals surface area (Å²) >= 11 is 1.31. The molecule has 0 unspecified atom stereocenters. The standard InChI is InChI=1S/C33H44GeN2S/c1-21(2)27-14-11-15-28(22(3)4)32(27)35-25(9)20-26(10)36(34-31-18-13-19-37-31)33-29(23(5)6)16-12-17-30(33)24(7)8/h11-24H,1-10H3/b26-20-,35-25?. The van der Waals surface area contributed by atoms with E-state index < -0.39 is 15.7 Å². The van der Waals surface area contributed by atoms with Crippen LogP contribution in [0.3, 0.4) is 0 Å². The third-order valence-corrected chi connectivity index (χ3v) is 11.1. The van der Waals surface area contributed by atoms with Gasteiger partial charge in [-0.25, -0.2) is 0 Å². The molecule has 0 aliphatic carbocycles. The van der Waals surface area contributed by atoms with Crippen molar-refractivity contribution in [1.29, 1.82) is 0 Å². The van der Waals surface area contributed by atoms with E-state index in [1.54, 1.807) is 0 Å². The number of hydrogen-bond acceptors (Lipinski definition) is 3. The zero-order valence-corrected chi connectivity index (χ0v) is 27.3. The minimum atomic E-state index is -0.575. The first kappa shape index (κ1) is 29.4. The Bertz CT molecular complexity index is 1180. The maximum atomic E-state index is 5.26. The number of hydrogen-bond donors (Lipinski definition) is 0. The summed E-state index contributed by atoms with van der Waals surface area (Å²) < 4.78 is 4.13. The molecule has 0 aliphatic rings. The van der Waals surface area contributed by atoms with Crippen LogP contribution in [0.4, 0.5) is 11.4 Å². The van der Waals surface area contributed by atoms with Crippen molar-refractivity contribution in [3.63, 3.8) is 0 Å². The van der Waals surface area contributed by atoms with Gasteiger partial charge in [-0.1, -0.05) is 0 Å². The van der Waals surface area contributed by atoms with Gasteiger partial charge in [0.05, 0.1) is 0 Å². The summed E-state index contributed by atoms with van der Waals surface area (Å²) in [6.07, 6.45) is 2.31. The molecule has 0 atom stereocenters. The predicted octanol–water partition coefficient (Wildman–Crippen LogP) is 9.69. The van der Waals surface area contributed by atoms with Gasteiger partial charge in [0.25, 0.3) is 0 Å². The molecule has 3 aromatic rings. The first-order chi connectivity index (χ1) is 17.5. The zero-order chi connectivity index (χ0) is 27.3. The van der Waals surface area contributed by atoms with E-state index in [1.807, 2.05) is 11.3 Å². The van der Waals surface area contributed by atoms with Gasteiger partial charge in [-0.05, 0) is 0 Å². The van der Waals surface area contributed by atoms with Crippen LogP contribution < -0.4 is 7.57 Å². The molecule has 1 heterocycles. The Balaban J connectivity index is 2.17. The predicted molar refractivity (Wildman–Crippen MR) is 168 cm³/mol. The zero-order valence-electron chi connectivity index (χ0n) is 24.4. The molecule has 1 aromatic heterocycles. The monoisotopic (exact) mass is 574 g/mol. The van der Waals surface area contributed by atoms with Crippen LogP contribution in [-0.2, 0) is 0 Å². The minimum absolute atomic E-state index is 0.434. The van der Waals surface area contributed by atoms with Crippen molar-refractivity contribution in [3.05, 3.63) is 87.9 Å². The van der Waals surface area contributed by atoms with Crippen molar-refractivity contribution >= 4 is 47.8 Å². The van der Waals surface area contributed by atoms with E-state index in [1.165, 1.54) is 37.3 Å². The molecule has 0 saturated heterocycles. The molecule has 0 aliphatic heterocycles. The second-order valence-electron chi connectivity index (χ2n) is 11.2. The fourth-order valence-electron chi connectivity index (χ4n) is 4.76. The van der Waals surface area contributed by atoms with Gasteiger partial charge in [0.15, 0.2) is 0 Å². The third-order valence-electron chi connectivity index (χ3n) is 6.71. The molecule has 37 heavy (non-hydrogen) atoms. The Morgan fingerprint density at radius 2 is 1.22 bits per heavy atom. The van der Waals surface area contributed by atoms with Crippen molar-refractivity contribution in [2.75, 3.05) is 3.86 Å². The molecule has 0 amide bonds. The number of allylic oxidation sites excluding steroid dienone is 2. The number of benzene rings is 2. The van der Waals surface area contributed by atoms with Crippen molar-refractivity contribution in [1.82, 2.24) is 0 Å². The molecule has 3 rings (SSSR count). The van der Waals surface area contributed by atoms with Crippen LogP contribution in [0, 0.1) is 0 Å². The Labute approximate surface area is 236 Å². The van der Waals surface area contributed by atoms with E-state index in [-0.39, 0.29) is 0 Å². The molecule has 2 radical (unpaired) electrons. The summed E-state index contributed by atoms with van der Waals surface area (Å²) in [5.74, 6) is 1.79. The summed E-state index contributed by atoms with van der Waals surface area (Å²) in [5, 5.41) is 2.21. The van der Waals surface area contributed by atoms with Gasteiger partial charge in [-0.15, -0.1) is 0 Å². The van der Waals surface area contributed by atoms with Gasteiger partial charge >= 0.3 is 237 Å². The van der Waals surface area contributed by atoms with Crippen molar-refractivity contribution < 1.29 is 0 Å². The number of para-hydroxylation sites is 2. The number of rotatable bonds is 10. The number of nitrogens with zero attached hydrogens (tertiary/aromatic N) is 2. The van der Waals surface area contributed by atoms with Crippen LogP contribution in [0.1, 0.15) is 115 Å². The number of aliphatic imine (C=N–C) groups is 1. The average Bonchev–Trinajstić information content (AvgIpc) is 3.35. The van der Waals surface area contributed by atoms with E-state index in [9.17, 15) is 0 Å². The average molecular weight is 573 g/mol. The fourth-order valence-corrected chi connectivity index (χ4v) is 8.61. The maximum absolute atomic E-state index is 5.26. The van der Waals surface area contributed by atoms with Crippen LogP contribution in [0.2, 0.25) is 0 Å². The molecular formula is C33H44GeN2S.